The number of hydrogen-bond donors (Lipinski definition) is 1. The summed E-state index contributed by atoms with van der Waals surface area (Å²) in [5.41, 5.74) is 0.838. The van der Waals surface area contributed by atoms with Crippen LogP contribution in [0.3, 0.4) is 0 Å². The lowest BCUT2D eigenvalue weighted by Gasteiger charge is -2.44. The number of carboxylic acids is 1. The lowest BCUT2D eigenvalue weighted by Crippen LogP contribution is -2.53. The van der Waals surface area contributed by atoms with Gasteiger partial charge in [-0.3, -0.25) is 9.59 Å². The zero-order valence-electron chi connectivity index (χ0n) is 14.7. The Morgan fingerprint density at radius 2 is 2.26 bits per heavy atom. The van der Waals surface area contributed by atoms with Crippen molar-refractivity contribution in [3.05, 3.63) is 35.9 Å². The molecule has 3 saturated heterocycles. The van der Waals surface area contributed by atoms with E-state index in [2.05, 4.69) is 0 Å². The molecule has 0 aromatic heterocycles. The van der Waals surface area contributed by atoms with E-state index < -0.39 is 29.5 Å². The van der Waals surface area contributed by atoms with Gasteiger partial charge in [0, 0.05) is 18.1 Å². The van der Waals surface area contributed by atoms with Crippen molar-refractivity contribution in [2.24, 2.45) is 17.8 Å². The van der Waals surface area contributed by atoms with Gasteiger partial charge in [0.1, 0.15) is 17.3 Å². The van der Waals surface area contributed by atoms with Crippen molar-refractivity contribution < 1.29 is 28.9 Å². The first-order valence-electron chi connectivity index (χ1n) is 9.29. The molecular formula is C20H19NO6. The van der Waals surface area contributed by atoms with Crippen LogP contribution in [0.4, 0.5) is 5.69 Å². The van der Waals surface area contributed by atoms with E-state index in [1.807, 2.05) is 30.4 Å². The number of hydrogen-bond acceptors (Lipinski definition) is 5. The zero-order valence-corrected chi connectivity index (χ0v) is 14.7. The molecule has 27 heavy (non-hydrogen) atoms. The molecule has 3 fully saturated rings. The molecular weight excluding hydrogens is 350 g/mol. The highest BCUT2D eigenvalue weighted by atomic mass is 16.5. The Bertz CT molecular complexity index is 912. The van der Waals surface area contributed by atoms with Crippen LogP contribution >= 0.6 is 0 Å². The normalized spacial score (nSPS) is 42.7. The number of anilines is 1. The van der Waals surface area contributed by atoms with Gasteiger partial charge in [0.05, 0.1) is 37.0 Å². The average Bonchev–Trinajstić information content (AvgIpc) is 3.41. The highest BCUT2D eigenvalue weighted by Crippen LogP contribution is 2.62. The third-order valence-electron chi connectivity index (χ3n) is 6.96. The molecule has 1 aromatic rings. The van der Waals surface area contributed by atoms with Crippen LogP contribution < -0.4 is 9.64 Å². The number of carbonyl (C=O) groups is 2. The number of amides is 1. The maximum atomic E-state index is 13.5. The number of carbonyl (C=O) groups excluding carboxylic acids is 1. The number of benzene rings is 1. The third-order valence-corrected chi connectivity index (χ3v) is 6.96. The van der Waals surface area contributed by atoms with Gasteiger partial charge in [-0.05, 0) is 24.6 Å². The van der Waals surface area contributed by atoms with Gasteiger partial charge < -0.3 is 24.2 Å². The van der Waals surface area contributed by atoms with E-state index in [-0.39, 0.29) is 24.0 Å². The summed E-state index contributed by atoms with van der Waals surface area (Å²) in [4.78, 5) is 27.2. The molecule has 1 aromatic carbocycles. The highest BCUT2D eigenvalue weighted by molar-refractivity contribution is 6.04. The van der Waals surface area contributed by atoms with Crippen molar-refractivity contribution >= 4 is 17.6 Å². The van der Waals surface area contributed by atoms with Gasteiger partial charge in [0.2, 0.25) is 5.91 Å². The number of ether oxygens (including phenoxy) is 3. The van der Waals surface area contributed by atoms with Crippen LogP contribution in [0.2, 0.25) is 0 Å². The van der Waals surface area contributed by atoms with E-state index in [0.717, 1.165) is 17.7 Å². The lowest BCUT2D eigenvalue weighted by molar-refractivity contribution is -0.146. The molecule has 6 rings (SSSR count). The Balaban J connectivity index is 1.57. The summed E-state index contributed by atoms with van der Waals surface area (Å²) in [5.74, 6) is -1.88. The standard InChI is InChI=1S/C20H19NO6/c1-25-9-2-3-12-11(8-9)16-10(5-7-26-16)17-20-6-4-13(27-20)14(19(23)24)15(20)18(22)21(12)17/h2-4,6,8,10,13-17H,5,7H2,1H3,(H,23,24)/t10?,13-,14?,15?,16?,17?,20+/m1/s1. The van der Waals surface area contributed by atoms with Gasteiger partial charge in [0.15, 0.2) is 0 Å². The number of aliphatic carboxylic acids is 1. The minimum absolute atomic E-state index is 0.0644. The molecule has 5 aliphatic heterocycles. The van der Waals surface area contributed by atoms with Gasteiger partial charge in [-0.15, -0.1) is 0 Å². The van der Waals surface area contributed by atoms with Crippen molar-refractivity contribution in [2.75, 3.05) is 18.6 Å². The fraction of sp³-hybridized carbons (Fsp3) is 0.500. The Hall–Kier alpha value is -2.38. The molecule has 7 heteroatoms. The maximum Gasteiger partial charge on any atom is 0.310 e. The fourth-order valence-corrected chi connectivity index (χ4v) is 6.02. The summed E-state index contributed by atoms with van der Waals surface area (Å²) in [5, 5.41) is 9.76. The molecule has 5 aliphatic rings. The second-order valence-corrected chi connectivity index (χ2v) is 7.96. The van der Waals surface area contributed by atoms with Crippen LogP contribution in [-0.4, -0.2) is 48.4 Å². The monoisotopic (exact) mass is 369 g/mol. The quantitative estimate of drug-likeness (QED) is 0.796. The third kappa shape index (κ3) is 1.66. The molecule has 1 amide bonds. The maximum absolute atomic E-state index is 13.5. The van der Waals surface area contributed by atoms with Crippen molar-refractivity contribution in [1.29, 1.82) is 0 Å². The number of carboxylic acid groups (broad SMARTS) is 1. The van der Waals surface area contributed by atoms with Crippen LogP contribution in [0, 0.1) is 17.8 Å². The van der Waals surface area contributed by atoms with E-state index in [1.54, 1.807) is 12.0 Å². The van der Waals surface area contributed by atoms with Crippen LogP contribution in [0.1, 0.15) is 18.1 Å². The molecule has 140 valence electrons. The molecule has 5 unspecified atom stereocenters. The van der Waals surface area contributed by atoms with Crippen molar-refractivity contribution in [3.8, 4) is 5.75 Å². The van der Waals surface area contributed by atoms with E-state index in [1.165, 1.54) is 0 Å². The Morgan fingerprint density at radius 1 is 1.41 bits per heavy atom. The molecule has 7 atom stereocenters. The van der Waals surface area contributed by atoms with Crippen molar-refractivity contribution in [1.82, 2.24) is 0 Å². The molecule has 7 nitrogen and oxygen atoms in total. The molecule has 0 saturated carbocycles. The lowest BCUT2D eigenvalue weighted by atomic mass is 9.70. The van der Waals surface area contributed by atoms with Gasteiger partial charge in [-0.25, -0.2) is 0 Å². The summed E-state index contributed by atoms with van der Waals surface area (Å²) in [6.07, 6.45) is 3.90. The van der Waals surface area contributed by atoms with Crippen LogP contribution in [-0.2, 0) is 19.1 Å². The molecule has 0 radical (unpaired) electrons. The Kier molecular flexibility index (Phi) is 2.85. The average molecular weight is 369 g/mol. The minimum Gasteiger partial charge on any atom is -0.497 e. The predicted octanol–water partition coefficient (Wildman–Crippen LogP) is 1.53. The van der Waals surface area contributed by atoms with E-state index in [0.29, 0.717) is 12.4 Å². The smallest absolute Gasteiger partial charge is 0.310 e. The van der Waals surface area contributed by atoms with E-state index in [4.69, 9.17) is 14.2 Å². The first kappa shape index (κ1) is 15.7. The number of methoxy groups -OCH3 is 1. The highest BCUT2D eigenvalue weighted by Gasteiger charge is 2.74. The first-order valence-corrected chi connectivity index (χ1v) is 9.29. The molecule has 0 aliphatic carbocycles. The summed E-state index contributed by atoms with van der Waals surface area (Å²) >= 11 is 0. The Labute approximate surface area is 155 Å². The zero-order chi connectivity index (χ0) is 18.5. The Morgan fingerprint density at radius 3 is 3.04 bits per heavy atom. The van der Waals surface area contributed by atoms with E-state index in [9.17, 15) is 14.7 Å². The summed E-state index contributed by atoms with van der Waals surface area (Å²) < 4.78 is 17.7. The second kappa shape index (κ2) is 4.91. The SMILES string of the molecule is COc1ccc2c(c1)C1OCCC1C1N2C(=O)C2C(C(=O)O)[C@H]3C=C[C@]21O3. The summed E-state index contributed by atoms with van der Waals surface area (Å²) in [7, 11) is 1.61. The van der Waals surface area contributed by atoms with Gasteiger partial charge in [-0.1, -0.05) is 12.2 Å². The summed E-state index contributed by atoms with van der Waals surface area (Å²) in [6, 6.07) is 5.39. The molecule has 5 heterocycles. The predicted molar refractivity (Wildman–Crippen MR) is 92.4 cm³/mol. The number of rotatable bonds is 2. The molecule has 2 bridgehead atoms. The largest absolute Gasteiger partial charge is 0.497 e. The second-order valence-electron chi connectivity index (χ2n) is 7.96. The fourth-order valence-electron chi connectivity index (χ4n) is 6.02. The van der Waals surface area contributed by atoms with Crippen molar-refractivity contribution in [2.45, 2.75) is 30.3 Å². The number of nitrogens with zero attached hydrogens (tertiary/aromatic N) is 1. The van der Waals surface area contributed by atoms with Gasteiger partial charge >= 0.3 is 5.97 Å². The molecule has 1 N–H and O–H groups in total. The van der Waals surface area contributed by atoms with Crippen LogP contribution in [0.5, 0.6) is 5.75 Å². The summed E-state index contributed by atoms with van der Waals surface area (Å²) in [6.45, 7) is 0.612. The van der Waals surface area contributed by atoms with Gasteiger partial charge in [-0.2, -0.15) is 0 Å². The van der Waals surface area contributed by atoms with Gasteiger partial charge in [0.25, 0.3) is 0 Å². The van der Waals surface area contributed by atoms with Crippen molar-refractivity contribution in [3.63, 3.8) is 0 Å². The minimum atomic E-state index is -0.974. The van der Waals surface area contributed by atoms with Crippen LogP contribution in [0.15, 0.2) is 30.4 Å². The van der Waals surface area contributed by atoms with E-state index >= 15 is 0 Å². The number of fused-ring (bicyclic) bond motifs is 7. The first-order chi connectivity index (χ1) is 13.1. The molecule has 1 spiro atoms. The topological polar surface area (TPSA) is 85.3 Å². The van der Waals surface area contributed by atoms with Crippen LogP contribution in [0.25, 0.3) is 0 Å².